The molecule has 0 unspecified atom stereocenters. The first-order chi connectivity index (χ1) is 16.6. The fourth-order valence-electron chi connectivity index (χ4n) is 4.85. The average Bonchev–Trinajstić information content (AvgIpc) is 3.48. The lowest BCUT2D eigenvalue weighted by atomic mass is 9.84. The topological polar surface area (TPSA) is 102 Å². The molecule has 9 nitrogen and oxygen atoms in total. The number of hydrogen-bond acceptors (Lipinski definition) is 8. The van der Waals surface area contributed by atoms with Gasteiger partial charge in [0.15, 0.2) is 0 Å². The van der Waals surface area contributed by atoms with Crippen LogP contribution in [-0.4, -0.2) is 51.8 Å². The molecule has 1 saturated heterocycles. The summed E-state index contributed by atoms with van der Waals surface area (Å²) >= 11 is 0.918. The number of piperidine rings is 1. The SMILES string of the molecule is Cn1cc([C@@H]2C[C@H](C(F)(F)F)CCN2[C@H]2CCOc3cc(S(=O)(=O)Nc4ncns4)ccc32)cn1. The van der Waals surface area contributed by atoms with Crippen molar-refractivity contribution in [3.63, 3.8) is 0 Å². The second kappa shape index (κ2) is 9.06. The predicted molar refractivity (Wildman–Crippen MR) is 121 cm³/mol. The molecule has 0 aliphatic carbocycles. The van der Waals surface area contributed by atoms with Crippen LogP contribution < -0.4 is 9.46 Å². The molecule has 3 atom stereocenters. The van der Waals surface area contributed by atoms with Crippen LogP contribution in [0.5, 0.6) is 5.75 Å². The van der Waals surface area contributed by atoms with Gasteiger partial charge in [0.05, 0.1) is 23.6 Å². The molecule has 0 spiro atoms. The molecule has 2 aliphatic rings. The van der Waals surface area contributed by atoms with Gasteiger partial charge in [-0.1, -0.05) is 6.07 Å². The van der Waals surface area contributed by atoms with Crippen molar-refractivity contribution in [3.05, 3.63) is 48.0 Å². The van der Waals surface area contributed by atoms with E-state index in [1.54, 1.807) is 30.2 Å². The molecule has 0 bridgehead atoms. The minimum Gasteiger partial charge on any atom is -0.493 e. The quantitative estimate of drug-likeness (QED) is 0.536. The largest absolute Gasteiger partial charge is 0.493 e. The maximum absolute atomic E-state index is 13.6. The van der Waals surface area contributed by atoms with Crippen molar-refractivity contribution in [1.29, 1.82) is 0 Å². The summed E-state index contributed by atoms with van der Waals surface area (Å²) < 4.78 is 79.9. The number of sulfonamides is 1. The molecule has 14 heteroatoms. The summed E-state index contributed by atoms with van der Waals surface area (Å²) in [5.41, 5.74) is 1.49. The summed E-state index contributed by atoms with van der Waals surface area (Å²) in [5, 5.41) is 4.32. The number of likely N-dealkylation sites (tertiary alicyclic amines) is 1. The predicted octanol–water partition coefficient (Wildman–Crippen LogP) is 3.91. The summed E-state index contributed by atoms with van der Waals surface area (Å²) in [7, 11) is -2.17. The van der Waals surface area contributed by atoms with Crippen molar-refractivity contribution in [2.24, 2.45) is 13.0 Å². The van der Waals surface area contributed by atoms with Gasteiger partial charge in [0.25, 0.3) is 10.0 Å². The molecule has 0 radical (unpaired) electrons. The van der Waals surface area contributed by atoms with Gasteiger partial charge in [0, 0.05) is 60.5 Å². The number of benzene rings is 1. The highest BCUT2D eigenvalue weighted by Gasteiger charge is 2.47. The summed E-state index contributed by atoms with van der Waals surface area (Å²) in [5.74, 6) is -0.980. The Bertz CT molecular complexity index is 1300. The van der Waals surface area contributed by atoms with Crippen LogP contribution in [0.25, 0.3) is 0 Å². The Kier molecular flexibility index (Phi) is 6.21. The lowest BCUT2D eigenvalue weighted by Gasteiger charge is -2.45. The Balaban J connectivity index is 1.45. The van der Waals surface area contributed by atoms with Crippen LogP contribution in [0, 0.1) is 5.92 Å². The summed E-state index contributed by atoms with van der Waals surface area (Å²) in [6, 6.07) is 3.93. The fourth-order valence-corrected chi connectivity index (χ4v) is 6.52. The number of aryl methyl sites for hydroxylation is 1. The van der Waals surface area contributed by atoms with Gasteiger partial charge in [-0.3, -0.25) is 14.3 Å². The van der Waals surface area contributed by atoms with Crippen molar-refractivity contribution < 1.29 is 26.3 Å². The minimum absolute atomic E-state index is 0.00514. The summed E-state index contributed by atoms with van der Waals surface area (Å²) in [4.78, 5) is 5.93. The zero-order chi connectivity index (χ0) is 24.8. The number of fused-ring (bicyclic) bond motifs is 1. The van der Waals surface area contributed by atoms with E-state index in [-0.39, 0.29) is 35.5 Å². The summed E-state index contributed by atoms with van der Waals surface area (Å²) in [6.45, 7) is 0.580. The molecule has 3 aromatic rings. The number of anilines is 1. The highest BCUT2D eigenvalue weighted by molar-refractivity contribution is 7.93. The highest BCUT2D eigenvalue weighted by Crippen LogP contribution is 2.48. The van der Waals surface area contributed by atoms with Gasteiger partial charge >= 0.3 is 6.18 Å². The van der Waals surface area contributed by atoms with Crippen molar-refractivity contribution in [2.75, 3.05) is 17.9 Å². The molecule has 1 fully saturated rings. The van der Waals surface area contributed by atoms with E-state index in [1.165, 1.54) is 18.5 Å². The molecule has 2 aliphatic heterocycles. The van der Waals surface area contributed by atoms with Gasteiger partial charge < -0.3 is 4.74 Å². The van der Waals surface area contributed by atoms with E-state index in [2.05, 4.69) is 24.1 Å². The second-order valence-corrected chi connectivity index (χ2v) is 11.1. The Hall–Kier alpha value is -2.71. The molecule has 1 aromatic carbocycles. The van der Waals surface area contributed by atoms with Crippen molar-refractivity contribution in [1.82, 2.24) is 24.0 Å². The number of rotatable bonds is 5. The van der Waals surface area contributed by atoms with E-state index in [1.807, 2.05) is 0 Å². The van der Waals surface area contributed by atoms with Crippen LogP contribution in [0.2, 0.25) is 0 Å². The van der Waals surface area contributed by atoms with Crippen LogP contribution >= 0.6 is 11.5 Å². The van der Waals surface area contributed by atoms with E-state index < -0.39 is 28.2 Å². The number of hydrogen-bond donors (Lipinski definition) is 1. The number of ether oxygens (including phenoxy) is 1. The fraction of sp³-hybridized carbons (Fsp3) is 0.476. The highest BCUT2D eigenvalue weighted by atomic mass is 32.2. The minimum atomic E-state index is -4.26. The van der Waals surface area contributed by atoms with Crippen molar-refractivity contribution >= 4 is 26.7 Å². The van der Waals surface area contributed by atoms with Crippen LogP contribution in [-0.2, 0) is 17.1 Å². The summed E-state index contributed by atoms with van der Waals surface area (Å²) in [6.07, 6.45) is 0.894. The van der Waals surface area contributed by atoms with Gasteiger partial charge in [0.2, 0.25) is 5.13 Å². The third-order valence-electron chi connectivity index (χ3n) is 6.50. The first-order valence-electron chi connectivity index (χ1n) is 11.0. The molecule has 2 aromatic heterocycles. The molecular weight excluding hydrogens is 505 g/mol. The number of nitrogens with zero attached hydrogens (tertiary/aromatic N) is 5. The Labute approximate surface area is 204 Å². The van der Waals surface area contributed by atoms with Crippen LogP contribution in [0.1, 0.15) is 42.5 Å². The van der Waals surface area contributed by atoms with E-state index >= 15 is 0 Å². The van der Waals surface area contributed by atoms with Gasteiger partial charge in [0.1, 0.15) is 12.1 Å². The third kappa shape index (κ3) is 4.86. The molecule has 1 N–H and O–H groups in total. The molecule has 0 amide bonds. The number of alkyl halides is 3. The average molecular weight is 529 g/mol. The molecule has 188 valence electrons. The van der Waals surface area contributed by atoms with Crippen LogP contribution in [0.15, 0.2) is 41.8 Å². The number of halogens is 3. The first-order valence-corrected chi connectivity index (χ1v) is 13.2. The Morgan fingerprint density at radius 1 is 1.23 bits per heavy atom. The van der Waals surface area contributed by atoms with Gasteiger partial charge in [-0.05, 0) is 25.5 Å². The Morgan fingerprint density at radius 2 is 2.06 bits per heavy atom. The van der Waals surface area contributed by atoms with E-state index in [0.29, 0.717) is 18.8 Å². The van der Waals surface area contributed by atoms with Crippen molar-refractivity contribution in [3.8, 4) is 5.75 Å². The maximum Gasteiger partial charge on any atom is 0.391 e. The zero-order valence-corrected chi connectivity index (χ0v) is 20.3. The monoisotopic (exact) mass is 528 g/mol. The molecule has 35 heavy (non-hydrogen) atoms. The third-order valence-corrected chi connectivity index (χ3v) is 8.55. The first kappa shape index (κ1) is 24.0. The maximum atomic E-state index is 13.6. The lowest BCUT2D eigenvalue weighted by molar-refractivity contribution is -0.192. The van der Waals surface area contributed by atoms with E-state index in [4.69, 9.17) is 4.74 Å². The number of aromatic nitrogens is 4. The molecule has 4 heterocycles. The standard InChI is InChI=1S/C21H23F3N6O3S2/c1-29-11-13(10-26-29)18-8-14(21(22,23)24)4-6-30(18)17-5-7-33-19-9-15(2-3-16(17)19)35(31,32)28-20-25-12-27-34-20/h2-3,9-12,14,17-18H,4-8H2,1H3,(H,25,27,28)/t14-,17+,18+/m1/s1. The zero-order valence-electron chi connectivity index (χ0n) is 18.6. The smallest absolute Gasteiger partial charge is 0.391 e. The van der Waals surface area contributed by atoms with Crippen LogP contribution in [0.4, 0.5) is 18.3 Å². The normalized spacial score (nSPS) is 23.5. The Morgan fingerprint density at radius 3 is 2.74 bits per heavy atom. The van der Waals surface area contributed by atoms with Gasteiger partial charge in [-0.15, -0.1) is 0 Å². The van der Waals surface area contributed by atoms with E-state index in [9.17, 15) is 21.6 Å². The molecule has 0 saturated carbocycles. The van der Waals surface area contributed by atoms with Crippen LogP contribution in [0.3, 0.4) is 0 Å². The second-order valence-electron chi connectivity index (χ2n) is 8.67. The van der Waals surface area contributed by atoms with Gasteiger partial charge in [-0.2, -0.15) is 22.6 Å². The molecule has 5 rings (SSSR count). The van der Waals surface area contributed by atoms with E-state index in [0.717, 1.165) is 22.7 Å². The molecular formula is C21H23F3N6O3S2. The van der Waals surface area contributed by atoms with Crippen molar-refractivity contribution in [2.45, 2.75) is 42.4 Å². The van der Waals surface area contributed by atoms with Gasteiger partial charge in [-0.25, -0.2) is 13.4 Å². The number of nitrogens with one attached hydrogen (secondary N) is 1. The lowest BCUT2D eigenvalue weighted by Crippen LogP contribution is -2.44.